The zero-order valence-corrected chi connectivity index (χ0v) is 11.7. The fourth-order valence-electron chi connectivity index (χ4n) is 1.74. The summed E-state index contributed by atoms with van der Waals surface area (Å²) >= 11 is 3.42. The number of hydrogen-bond acceptors (Lipinski definition) is 2. The lowest BCUT2D eigenvalue weighted by atomic mass is 10.1. The largest absolute Gasteiger partial charge is 0.283 e. The van der Waals surface area contributed by atoms with Gasteiger partial charge in [0.2, 0.25) is 0 Å². The summed E-state index contributed by atoms with van der Waals surface area (Å²) in [5.74, 6) is 0. The number of halogens is 1. The van der Waals surface area contributed by atoms with Gasteiger partial charge in [0.25, 0.3) is 5.56 Å². The molecule has 1 heterocycles. The molecule has 0 radical (unpaired) electrons. The number of nitriles is 1. The first-order valence-corrected chi connectivity index (χ1v) is 6.23. The lowest BCUT2D eigenvalue weighted by molar-refractivity contribution is 0.970. The first-order chi connectivity index (χ1) is 8.54. The van der Waals surface area contributed by atoms with Crippen LogP contribution < -0.4 is 5.56 Å². The van der Waals surface area contributed by atoms with Crippen molar-refractivity contribution in [1.82, 2.24) is 4.57 Å². The van der Waals surface area contributed by atoms with Crippen molar-refractivity contribution >= 4 is 15.9 Å². The van der Waals surface area contributed by atoms with Gasteiger partial charge in [-0.25, -0.2) is 0 Å². The van der Waals surface area contributed by atoms with Crippen molar-refractivity contribution < 1.29 is 0 Å². The second-order valence-electron chi connectivity index (χ2n) is 4.09. The maximum atomic E-state index is 12.1. The van der Waals surface area contributed by atoms with Gasteiger partial charge >= 0.3 is 0 Å². The standard InChI is InChI=1S/C14H11BrN2O/c1-9-5-6-17(14(18)12(9)8-16)11-3-4-13(15)10(2)7-11/h3-7H,1-2H3. The minimum absolute atomic E-state index is 0.193. The molecule has 18 heavy (non-hydrogen) atoms. The van der Waals surface area contributed by atoms with Crippen molar-refractivity contribution in [3.8, 4) is 11.8 Å². The minimum Gasteiger partial charge on any atom is -0.283 e. The molecule has 0 amide bonds. The van der Waals surface area contributed by atoms with Crippen LogP contribution in [0.1, 0.15) is 16.7 Å². The molecule has 3 nitrogen and oxygen atoms in total. The van der Waals surface area contributed by atoms with Crippen LogP contribution in [-0.2, 0) is 0 Å². The van der Waals surface area contributed by atoms with Crippen LogP contribution >= 0.6 is 15.9 Å². The third-order valence-corrected chi connectivity index (χ3v) is 3.72. The number of pyridine rings is 1. The summed E-state index contributed by atoms with van der Waals surface area (Å²) in [6, 6.07) is 9.37. The minimum atomic E-state index is -0.278. The second-order valence-corrected chi connectivity index (χ2v) is 4.95. The molecule has 0 unspecified atom stereocenters. The first-order valence-electron chi connectivity index (χ1n) is 5.43. The van der Waals surface area contributed by atoms with E-state index in [-0.39, 0.29) is 11.1 Å². The molecule has 0 aliphatic heterocycles. The Kier molecular flexibility index (Phi) is 3.35. The highest BCUT2D eigenvalue weighted by molar-refractivity contribution is 9.10. The molecule has 0 bridgehead atoms. The van der Waals surface area contributed by atoms with Crippen molar-refractivity contribution in [2.24, 2.45) is 0 Å². The van der Waals surface area contributed by atoms with Crippen LogP contribution in [-0.4, -0.2) is 4.57 Å². The number of aromatic nitrogens is 1. The molecule has 0 fully saturated rings. The Morgan fingerprint density at radius 1 is 1.22 bits per heavy atom. The third kappa shape index (κ3) is 2.09. The van der Waals surface area contributed by atoms with Crippen molar-refractivity contribution in [1.29, 1.82) is 5.26 Å². The van der Waals surface area contributed by atoms with E-state index < -0.39 is 0 Å². The topological polar surface area (TPSA) is 45.8 Å². The van der Waals surface area contributed by atoms with Gasteiger partial charge in [-0.2, -0.15) is 5.26 Å². The van der Waals surface area contributed by atoms with E-state index in [2.05, 4.69) is 15.9 Å². The third-order valence-electron chi connectivity index (χ3n) is 2.83. The maximum absolute atomic E-state index is 12.1. The van der Waals surface area contributed by atoms with Gasteiger partial charge in [-0.05, 0) is 49.2 Å². The Morgan fingerprint density at radius 2 is 1.94 bits per heavy atom. The van der Waals surface area contributed by atoms with E-state index >= 15 is 0 Å². The quantitative estimate of drug-likeness (QED) is 0.812. The Balaban J connectivity index is 2.69. The summed E-state index contributed by atoms with van der Waals surface area (Å²) in [7, 11) is 0. The van der Waals surface area contributed by atoms with Crippen LogP contribution in [0.2, 0.25) is 0 Å². The zero-order valence-electron chi connectivity index (χ0n) is 10.1. The Labute approximate surface area is 113 Å². The van der Waals surface area contributed by atoms with Crippen LogP contribution in [0.3, 0.4) is 0 Å². The van der Waals surface area contributed by atoms with Gasteiger partial charge < -0.3 is 0 Å². The molecule has 1 aromatic carbocycles. The lowest BCUT2D eigenvalue weighted by Crippen LogP contribution is -2.21. The highest BCUT2D eigenvalue weighted by Gasteiger charge is 2.08. The summed E-state index contributed by atoms with van der Waals surface area (Å²) in [6.45, 7) is 3.72. The van der Waals surface area contributed by atoms with Gasteiger partial charge in [-0.1, -0.05) is 15.9 Å². The SMILES string of the molecule is Cc1cc(-n2ccc(C)c(C#N)c2=O)ccc1Br. The van der Waals surface area contributed by atoms with Gasteiger partial charge in [0.1, 0.15) is 11.6 Å². The Morgan fingerprint density at radius 3 is 2.56 bits per heavy atom. The summed E-state index contributed by atoms with van der Waals surface area (Å²) in [5.41, 5.74) is 2.42. The molecule has 0 saturated heterocycles. The fourth-order valence-corrected chi connectivity index (χ4v) is 1.99. The molecule has 1 aromatic heterocycles. The van der Waals surface area contributed by atoms with Crippen molar-refractivity contribution in [2.75, 3.05) is 0 Å². The molecule has 0 atom stereocenters. The highest BCUT2D eigenvalue weighted by Crippen LogP contribution is 2.19. The summed E-state index contributed by atoms with van der Waals surface area (Å²) in [5, 5.41) is 9.00. The van der Waals surface area contributed by atoms with Crippen molar-refractivity contribution in [3.05, 3.63) is 62.0 Å². The predicted molar refractivity (Wildman–Crippen MR) is 73.9 cm³/mol. The van der Waals surface area contributed by atoms with E-state index in [1.54, 1.807) is 19.2 Å². The number of nitrogens with zero attached hydrogens (tertiary/aromatic N) is 2. The molecule has 2 rings (SSSR count). The van der Waals surface area contributed by atoms with Gasteiger partial charge in [-0.15, -0.1) is 0 Å². The number of rotatable bonds is 1. The van der Waals surface area contributed by atoms with Crippen LogP contribution in [0.25, 0.3) is 5.69 Å². The molecule has 0 aliphatic rings. The molecule has 0 N–H and O–H groups in total. The molecule has 90 valence electrons. The van der Waals surface area contributed by atoms with Crippen molar-refractivity contribution in [3.63, 3.8) is 0 Å². The van der Waals surface area contributed by atoms with Crippen LogP contribution in [0, 0.1) is 25.2 Å². The van der Waals surface area contributed by atoms with Gasteiger partial charge in [0.05, 0.1) is 0 Å². The lowest BCUT2D eigenvalue weighted by Gasteiger charge is -2.09. The molecular weight excluding hydrogens is 292 g/mol. The van der Waals surface area contributed by atoms with Gasteiger partial charge in [-0.3, -0.25) is 9.36 Å². The van der Waals surface area contributed by atoms with E-state index in [4.69, 9.17) is 5.26 Å². The van der Waals surface area contributed by atoms with E-state index in [0.717, 1.165) is 15.7 Å². The van der Waals surface area contributed by atoms with Gasteiger partial charge in [0, 0.05) is 16.4 Å². The number of benzene rings is 1. The molecule has 4 heteroatoms. The molecular formula is C14H11BrN2O. The summed E-state index contributed by atoms with van der Waals surface area (Å²) in [6.07, 6.45) is 1.70. The van der Waals surface area contributed by atoms with Crippen molar-refractivity contribution in [2.45, 2.75) is 13.8 Å². The van der Waals surface area contributed by atoms with Crippen LogP contribution in [0.15, 0.2) is 39.7 Å². The highest BCUT2D eigenvalue weighted by atomic mass is 79.9. The molecule has 2 aromatic rings. The monoisotopic (exact) mass is 302 g/mol. The number of aryl methyl sites for hydroxylation is 2. The maximum Gasteiger partial charge on any atom is 0.273 e. The second kappa shape index (κ2) is 4.79. The van der Waals surface area contributed by atoms with E-state index in [0.29, 0.717) is 5.56 Å². The van der Waals surface area contributed by atoms with Gasteiger partial charge in [0.15, 0.2) is 0 Å². The smallest absolute Gasteiger partial charge is 0.273 e. The van der Waals surface area contributed by atoms with E-state index in [1.807, 2.05) is 31.2 Å². The molecule has 0 saturated carbocycles. The average Bonchev–Trinajstić information content (AvgIpc) is 2.34. The summed E-state index contributed by atoms with van der Waals surface area (Å²) in [4.78, 5) is 12.1. The Bertz CT molecular complexity index is 711. The summed E-state index contributed by atoms with van der Waals surface area (Å²) < 4.78 is 2.48. The molecule has 0 spiro atoms. The predicted octanol–water partition coefficient (Wildman–Crippen LogP) is 3.09. The first kappa shape index (κ1) is 12.6. The van der Waals surface area contributed by atoms with E-state index in [1.165, 1.54) is 4.57 Å². The fraction of sp³-hybridized carbons (Fsp3) is 0.143. The van der Waals surface area contributed by atoms with Crippen LogP contribution in [0.4, 0.5) is 0 Å². The van der Waals surface area contributed by atoms with Crippen LogP contribution in [0.5, 0.6) is 0 Å². The molecule has 0 aliphatic carbocycles. The average molecular weight is 303 g/mol. The zero-order chi connectivity index (χ0) is 13.3. The van der Waals surface area contributed by atoms with E-state index in [9.17, 15) is 4.79 Å². The normalized spacial score (nSPS) is 10.1. The Hall–Kier alpha value is -1.86. The number of hydrogen-bond donors (Lipinski definition) is 0.